The van der Waals surface area contributed by atoms with Crippen LogP contribution < -0.4 is 5.32 Å². The van der Waals surface area contributed by atoms with E-state index in [9.17, 15) is 4.79 Å². The average Bonchev–Trinajstić information content (AvgIpc) is 2.41. The van der Waals surface area contributed by atoms with Crippen molar-refractivity contribution in [3.8, 4) is 0 Å². The first kappa shape index (κ1) is 12.9. The number of benzene rings is 2. The predicted molar refractivity (Wildman–Crippen MR) is 76.7 cm³/mol. The molecular weight excluding hydrogens is 294 g/mol. The van der Waals surface area contributed by atoms with Crippen LogP contribution in [0.5, 0.6) is 0 Å². The van der Waals surface area contributed by atoms with Gasteiger partial charge in [-0.3, -0.25) is 0 Å². The predicted octanol–water partition coefficient (Wildman–Crippen LogP) is 3.58. The van der Waals surface area contributed by atoms with Gasteiger partial charge in [0.2, 0.25) is 0 Å². The van der Waals surface area contributed by atoms with Gasteiger partial charge >= 0.3 is 5.97 Å². The lowest BCUT2D eigenvalue weighted by molar-refractivity contribution is -0.141. The molecule has 3 nitrogen and oxygen atoms in total. The monoisotopic (exact) mass is 307 g/mol. The molecule has 2 aromatic carbocycles. The molecule has 0 spiro atoms. The molecule has 0 saturated carbocycles. The van der Waals surface area contributed by atoms with Crippen molar-refractivity contribution in [2.75, 3.05) is 12.4 Å². The van der Waals surface area contributed by atoms with Gasteiger partial charge in [-0.2, -0.15) is 0 Å². The van der Waals surface area contributed by atoms with Crippen LogP contribution in [0, 0.1) is 0 Å². The molecule has 0 aliphatic rings. The van der Waals surface area contributed by atoms with Crippen LogP contribution >= 0.6 is 15.9 Å². The molecular formula is C14H14BrNO2. The molecule has 0 heterocycles. The lowest BCUT2D eigenvalue weighted by Crippen LogP contribution is -2.27. The first-order valence-corrected chi connectivity index (χ1v) is 6.44. The lowest BCUT2D eigenvalue weighted by Gasteiger charge is -2.15. The topological polar surface area (TPSA) is 38.3 Å². The highest BCUT2D eigenvalue weighted by Gasteiger charge is 2.14. The molecule has 1 N–H and O–H groups in total. The van der Waals surface area contributed by atoms with Crippen molar-refractivity contribution in [2.24, 2.45) is 0 Å². The number of methoxy groups -OCH3 is 1. The molecule has 0 aliphatic carbocycles. The third-order valence-electron chi connectivity index (χ3n) is 2.80. The van der Waals surface area contributed by atoms with Crippen LogP contribution in [0.3, 0.4) is 0 Å². The zero-order valence-electron chi connectivity index (χ0n) is 10.2. The van der Waals surface area contributed by atoms with Crippen molar-refractivity contribution in [1.82, 2.24) is 0 Å². The van der Waals surface area contributed by atoms with Crippen LogP contribution in [0.4, 0.5) is 5.69 Å². The van der Waals surface area contributed by atoms with E-state index in [1.54, 1.807) is 6.92 Å². The Morgan fingerprint density at radius 1 is 1.22 bits per heavy atom. The minimum Gasteiger partial charge on any atom is -0.467 e. The van der Waals surface area contributed by atoms with Gasteiger partial charge in [-0.05, 0) is 24.4 Å². The second-order valence-electron chi connectivity index (χ2n) is 4.03. The molecule has 2 rings (SSSR count). The average molecular weight is 308 g/mol. The highest BCUT2D eigenvalue weighted by molar-refractivity contribution is 9.10. The molecule has 2 aromatic rings. The van der Waals surface area contributed by atoms with E-state index in [-0.39, 0.29) is 12.0 Å². The van der Waals surface area contributed by atoms with E-state index in [4.69, 9.17) is 4.74 Å². The molecule has 18 heavy (non-hydrogen) atoms. The van der Waals surface area contributed by atoms with Gasteiger partial charge in [-0.1, -0.05) is 40.2 Å². The third kappa shape index (κ3) is 2.48. The van der Waals surface area contributed by atoms with Crippen LogP contribution in [0.15, 0.2) is 40.9 Å². The van der Waals surface area contributed by atoms with E-state index in [0.29, 0.717) is 0 Å². The lowest BCUT2D eigenvalue weighted by atomic mass is 10.1. The van der Waals surface area contributed by atoms with Crippen molar-refractivity contribution >= 4 is 38.4 Å². The molecule has 0 radical (unpaired) electrons. The summed E-state index contributed by atoms with van der Waals surface area (Å²) in [6, 6.07) is 11.6. The van der Waals surface area contributed by atoms with Crippen molar-refractivity contribution in [1.29, 1.82) is 0 Å². The molecule has 0 fully saturated rings. The van der Waals surface area contributed by atoms with E-state index in [2.05, 4.69) is 21.2 Å². The third-order valence-corrected chi connectivity index (χ3v) is 3.49. The quantitative estimate of drug-likeness (QED) is 0.881. The van der Waals surface area contributed by atoms with Gasteiger partial charge in [0.05, 0.1) is 7.11 Å². The number of anilines is 1. The minimum atomic E-state index is -0.375. The number of fused-ring (bicyclic) bond motifs is 1. The Morgan fingerprint density at radius 3 is 2.56 bits per heavy atom. The van der Waals surface area contributed by atoms with Crippen LogP contribution in [-0.4, -0.2) is 19.1 Å². The van der Waals surface area contributed by atoms with Crippen molar-refractivity contribution in [3.63, 3.8) is 0 Å². The maximum Gasteiger partial charge on any atom is 0.327 e. The maximum absolute atomic E-state index is 11.4. The van der Waals surface area contributed by atoms with Gasteiger partial charge in [0, 0.05) is 15.5 Å². The summed E-state index contributed by atoms with van der Waals surface area (Å²) >= 11 is 3.52. The van der Waals surface area contributed by atoms with Crippen LogP contribution in [0.1, 0.15) is 6.92 Å². The van der Waals surface area contributed by atoms with Gasteiger partial charge in [0.1, 0.15) is 6.04 Å². The number of halogens is 1. The van der Waals surface area contributed by atoms with E-state index in [1.807, 2.05) is 36.4 Å². The van der Waals surface area contributed by atoms with Crippen molar-refractivity contribution in [3.05, 3.63) is 40.9 Å². The standard InChI is InChI=1S/C14H14BrNO2/c1-9(14(17)18-2)16-13-8-7-12(15)10-5-3-4-6-11(10)13/h3-9,16H,1-2H3. The Bertz CT molecular complexity index is 583. The summed E-state index contributed by atoms with van der Waals surface area (Å²) in [5.74, 6) is -0.276. The molecule has 0 aromatic heterocycles. The first-order valence-electron chi connectivity index (χ1n) is 5.65. The number of rotatable bonds is 3. The number of nitrogens with one attached hydrogen (secondary N) is 1. The molecule has 0 aliphatic heterocycles. The normalized spacial score (nSPS) is 12.2. The summed E-state index contributed by atoms with van der Waals surface area (Å²) in [5.41, 5.74) is 0.923. The van der Waals surface area contributed by atoms with Gasteiger partial charge in [0.25, 0.3) is 0 Å². The Balaban J connectivity index is 2.40. The highest BCUT2D eigenvalue weighted by Crippen LogP contribution is 2.30. The largest absolute Gasteiger partial charge is 0.467 e. The zero-order valence-corrected chi connectivity index (χ0v) is 11.8. The zero-order chi connectivity index (χ0) is 13.1. The van der Waals surface area contributed by atoms with Gasteiger partial charge in [-0.25, -0.2) is 4.79 Å². The Hall–Kier alpha value is -1.55. The van der Waals surface area contributed by atoms with Gasteiger partial charge in [-0.15, -0.1) is 0 Å². The molecule has 94 valence electrons. The minimum absolute atomic E-state index is 0.276. The Morgan fingerprint density at radius 2 is 1.89 bits per heavy atom. The maximum atomic E-state index is 11.4. The summed E-state index contributed by atoms with van der Waals surface area (Å²) in [7, 11) is 1.39. The fourth-order valence-electron chi connectivity index (χ4n) is 1.86. The molecule has 0 saturated heterocycles. The fraction of sp³-hybridized carbons (Fsp3) is 0.214. The molecule has 1 unspecified atom stereocenters. The van der Waals surface area contributed by atoms with Crippen molar-refractivity contribution in [2.45, 2.75) is 13.0 Å². The number of hydrogen-bond donors (Lipinski definition) is 1. The first-order chi connectivity index (χ1) is 8.63. The number of esters is 1. The van der Waals surface area contributed by atoms with Crippen LogP contribution in [-0.2, 0) is 9.53 Å². The number of carbonyl (C=O) groups is 1. The summed E-state index contributed by atoms with van der Waals surface area (Å²) in [6.45, 7) is 1.78. The van der Waals surface area contributed by atoms with E-state index in [0.717, 1.165) is 20.9 Å². The van der Waals surface area contributed by atoms with Crippen LogP contribution in [0.25, 0.3) is 10.8 Å². The summed E-state index contributed by atoms with van der Waals surface area (Å²) < 4.78 is 5.75. The van der Waals surface area contributed by atoms with Gasteiger partial charge < -0.3 is 10.1 Å². The second-order valence-corrected chi connectivity index (χ2v) is 4.88. The molecule has 0 bridgehead atoms. The fourth-order valence-corrected chi connectivity index (χ4v) is 2.34. The second kappa shape index (κ2) is 5.40. The Labute approximate surface area is 114 Å². The van der Waals surface area contributed by atoms with Crippen LogP contribution in [0.2, 0.25) is 0 Å². The van der Waals surface area contributed by atoms with Crippen molar-refractivity contribution < 1.29 is 9.53 Å². The molecule has 1 atom stereocenters. The van der Waals surface area contributed by atoms with E-state index < -0.39 is 0 Å². The molecule has 0 amide bonds. The smallest absolute Gasteiger partial charge is 0.327 e. The van der Waals surface area contributed by atoms with E-state index >= 15 is 0 Å². The SMILES string of the molecule is COC(=O)C(C)Nc1ccc(Br)c2ccccc12. The summed E-state index contributed by atoms with van der Waals surface area (Å²) in [4.78, 5) is 11.4. The van der Waals surface area contributed by atoms with Gasteiger partial charge in [0.15, 0.2) is 0 Å². The highest BCUT2D eigenvalue weighted by atomic mass is 79.9. The number of hydrogen-bond acceptors (Lipinski definition) is 3. The number of carbonyl (C=O) groups excluding carboxylic acids is 1. The molecule has 4 heteroatoms. The summed E-state index contributed by atoms with van der Waals surface area (Å²) in [5, 5.41) is 5.35. The number of ether oxygens (including phenoxy) is 1. The summed E-state index contributed by atoms with van der Waals surface area (Å²) in [6.07, 6.45) is 0. The Kier molecular flexibility index (Phi) is 3.87. The van der Waals surface area contributed by atoms with E-state index in [1.165, 1.54) is 7.11 Å².